The van der Waals surface area contributed by atoms with E-state index in [4.69, 9.17) is 5.73 Å². The summed E-state index contributed by atoms with van der Waals surface area (Å²) < 4.78 is 0. The lowest BCUT2D eigenvalue weighted by Gasteiger charge is -2.14. The van der Waals surface area contributed by atoms with E-state index >= 15 is 0 Å². The quantitative estimate of drug-likeness (QED) is 0.890. The zero-order chi connectivity index (χ0) is 11.4. The van der Waals surface area contributed by atoms with E-state index < -0.39 is 0 Å². The van der Waals surface area contributed by atoms with Crippen molar-refractivity contribution in [2.45, 2.75) is 13.0 Å². The first-order chi connectivity index (χ1) is 7.74. The predicted molar refractivity (Wildman–Crippen MR) is 70.9 cm³/mol. The second-order valence-corrected chi connectivity index (χ2v) is 5.47. The lowest BCUT2D eigenvalue weighted by molar-refractivity contribution is 0.330. The number of likely N-dealkylation sites (N-methyl/N-ethyl adjacent to an activating group) is 1. The standard InChI is InChI=1S/C11H15N3S2/c1-14(6-9-3-5-15-7-9)4-2-10-8-16-11(12)13-10/h3,5,7-8H,2,4,6H2,1H3,(H2,12,13). The van der Waals surface area contributed by atoms with Crippen LogP contribution >= 0.6 is 22.7 Å². The average Bonchev–Trinajstić information content (AvgIpc) is 2.87. The minimum atomic E-state index is 0.662. The smallest absolute Gasteiger partial charge is 0.180 e. The highest BCUT2D eigenvalue weighted by molar-refractivity contribution is 7.13. The number of hydrogen-bond acceptors (Lipinski definition) is 5. The van der Waals surface area contributed by atoms with E-state index in [1.807, 2.05) is 5.38 Å². The van der Waals surface area contributed by atoms with E-state index in [0.717, 1.165) is 25.2 Å². The van der Waals surface area contributed by atoms with Gasteiger partial charge in [-0.2, -0.15) is 11.3 Å². The Morgan fingerprint density at radius 3 is 2.94 bits per heavy atom. The van der Waals surface area contributed by atoms with E-state index in [9.17, 15) is 0 Å². The van der Waals surface area contributed by atoms with Crippen LogP contribution in [-0.4, -0.2) is 23.5 Å². The normalized spacial score (nSPS) is 11.1. The lowest BCUT2D eigenvalue weighted by atomic mass is 10.3. The van der Waals surface area contributed by atoms with Crippen LogP contribution in [0.3, 0.4) is 0 Å². The van der Waals surface area contributed by atoms with E-state index in [0.29, 0.717) is 5.13 Å². The van der Waals surface area contributed by atoms with Gasteiger partial charge in [0.05, 0.1) is 5.69 Å². The molecule has 2 aromatic heterocycles. The second kappa shape index (κ2) is 5.43. The van der Waals surface area contributed by atoms with Crippen molar-refractivity contribution in [1.29, 1.82) is 0 Å². The van der Waals surface area contributed by atoms with Gasteiger partial charge in [-0.1, -0.05) is 0 Å². The number of thiophene rings is 1. The topological polar surface area (TPSA) is 42.1 Å². The highest BCUT2D eigenvalue weighted by Crippen LogP contribution is 2.12. The highest BCUT2D eigenvalue weighted by Gasteiger charge is 2.03. The van der Waals surface area contributed by atoms with Gasteiger partial charge in [0.1, 0.15) is 0 Å². The largest absolute Gasteiger partial charge is 0.375 e. The van der Waals surface area contributed by atoms with Gasteiger partial charge >= 0.3 is 0 Å². The molecule has 0 aromatic carbocycles. The Morgan fingerprint density at radius 1 is 1.44 bits per heavy atom. The Bertz CT molecular complexity index is 422. The maximum atomic E-state index is 5.59. The summed E-state index contributed by atoms with van der Waals surface area (Å²) in [5.41, 5.74) is 8.07. The molecule has 2 aromatic rings. The zero-order valence-electron chi connectivity index (χ0n) is 9.22. The van der Waals surface area contributed by atoms with Crippen LogP contribution < -0.4 is 5.73 Å². The maximum Gasteiger partial charge on any atom is 0.180 e. The SMILES string of the molecule is CN(CCc1csc(N)n1)Cc1ccsc1. The van der Waals surface area contributed by atoms with Crippen LogP contribution in [0.15, 0.2) is 22.2 Å². The highest BCUT2D eigenvalue weighted by atomic mass is 32.1. The number of nitrogens with two attached hydrogens (primary N) is 1. The Labute approximate surface area is 104 Å². The molecule has 0 amide bonds. The third-order valence-corrected chi connectivity index (χ3v) is 3.81. The van der Waals surface area contributed by atoms with Gasteiger partial charge in [0.25, 0.3) is 0 Å². The maximum absolute atomic E-state index is 5.59. The van der Waals surface area contributed by atoms with Crippen LogP contribution in [0, 0.1) is 0 Å². The van der Waals surface area contributed by atoms with Gasteiger partial charge in [-0.25, -0.2) is 4.98 Å². The summed E-state index contributed by atoms with van der Waals surface area (Å²) in [7, 11) is 2.13. The Hall–Kier alpha value is -0.910. The van der Waals surface area contributed by atoms with E-state index in [1.54, 1.807) is 11.3 Å². The van der Waals surface area contributed by atoms with Gasteiger partial charge in [-0.15, -0.1) is 11.3 Å². The zero-order valence-corrected chi connectivity index (χ0v) is 10.9. The second-order valence-electron chi connectivity index (χ2n) is 3.80. The van der Waals surface area contributed by atoms with Crippen LogP contribution in [0.2, 0.25) is 0 Å². The molecule has 0 saturated carbocycles. The monoisotopic (exact) mass is 253 g/mol. The number of rotatable bonds is 5. The van der Waals surface area contributed by atoms with Crippen molar-refractivity contribution in [2.24, 2.45) is 0 Å². The van der Waals surface area contributed by atoms with Gasteiger partial charge in [-0.3, -0.25) is 0 Å². The fraction of sp³-hybridized carbons (Fsp3) is 0.364. The molecule has 0 bridgehead atoms. The molecule has 0 atom stereocenters. The van der Waals surface area contributed by atoms with Crippen molar-refractivity contribution < 1.29 is 0 Å². The predicted octanol–water partition coefficient (Wildman–Crippen LogP) is 2.46. The molecule has 3 nitrogen and oxygen atoms in total. The number of thiazole rings is 1. The van der Waals surface area contributed by atoms with Crippen LogP contribution in [0.4, 0.5) is 5.13 Å². The number of nitrogen functional groups attached to an aromatic ring is 1. The molecule has 0 aliphatic carbocycles. The fourth-order valence-electron chi connectivity index (χ4n) is 1.52. The lowest BCUT2D eigenvalue weighted by Crippen LogP contribution is -2.20. The molecule has 0 aliphatic rings. The molecule has 5 heteroatoms. The Morgan fingerprint density at radius 2 is 2.31 bits per heavy atom. The molecule has 0 unspecified atom stereocenters. The first-order valence-electron chi connectivity index (χ1n) is 5.13. The molecule has 0 aliphatic heterocycles. The van der Waals surface area contributed by atoms with Crippen LogP contribution in [0.5, 0.6) is 0 Å². The van der Waals surface area contributed by atoms with Gasteiger partial charge in [-0.05, 0) is 29.4 Å². The summed E-state index contributed by atoms with van der Waals surface area (Å²) in [6, 6.07) is 2.17. The molecule has 0 radical (unpaired) electrons. The van der Waals surface area contributed by atoms with Crippen LogP contribution in [0.1, 0.15) is 11.3 Å². The summed E-state index contributed by atoms with van der Waals surface area (Å²) in [5.74, 6) is 0. The summed E-state index contributed by atoms with van der Waals surface area (Å²) in [6.07, 6.45) is 0.967. The van der Waals surface area contributed by atoms with Crippen molar-refractivity contribution in [2.75, 3.05) is 19.3 Å². The van der Waals surface area contributed by atoms with Crippen LogP contribution in [0.25, 0.3) is 0 Å². The first kappa shape index (κ1) is 11.6. The first-order valence-corrected chi connectivity index (χ1v) is 6.96. The third kappa shape index (κ3) is 3.30. The molecule has 2 N–H and O–H groups in total. The summed E-state index contributed by atoms with van der Waals surface area (Å²) >= 11 is 3.26. The molecule has 16 heavy (non-hydrogen) atoms. The van der Waals surface area contributed by atoms with E-state index in [2.05, 4.69) is 33.8 Å². The van der Waals surface area contributed by atoms with Crippen molar-refractivity contribution >= 4 is 27.8 Å². The molecule has 2 rings (SSSR count). The third-order valence-electron chi connectivity index (χ3n) is 2.35. The molecule has 0 spiro atoms. The minimum absolute atomic E-state index is 0.662. The molecule has 2 heterocycles. The van der Waals surface area contributed by atoms with Gasteiger partial charge in [0, 0.05) is 24.9 Å². The van der Waals surface area contributed by atoms with Crippen molar-refractivity contribution in [3.63, 3.8) is 0 Å². The molecule has 0 saturated heterocycles. The average molecular weight is 253 g/mol. The van der Waals surface area contributed by atoms with Crippen LogP contribution in [-0.2, 0) is 13.0 Å². The summed E-state index contributed by atoms with van der Waals surface area (Å²) in [5, 5.41) is 7.01. The van der Waals surface area contributed by atoms with Gasteiger partial charge in [0.15, 0.2) is 5.13 Å². The molecule has 86 valence electrons. The van der Waals surface area contributed by atoms with E-state index in [1.165, 1.54) is 16.9 Å². The summed E-state index contributed by atoms with van der Waals surface area (Å²) in [6.45, 7) is 2.02. The molecular weight excluding hydrogens is 238 g/mol. The van der Waals surface area contributed by atoms with E-state index in [-0.39, 0.29) is 0 Å². The van der Waals surface area contributed by atoms with Crippen molar-refractivity contribution in [3.05, 3.63) is 33.5 Å². The Balaban J connectivity index is 1.77. The molecule has 0 fully saturated rings. The van der Waals surface area contributed by atoms with Gasteiger partial charge in [0.2, 0.25) is 0 Å². The number of nitrogens with zero attached hydrogens (tertiary/aromatic N) is 2. The van der Waals surface area contributed by atoms with Crippen molar-refractivity contribution in [1.82, 2.24) is 9.88 Å². The fourth-order valence-corrected chi connectivity index (χ4v) is 2.77. The number of hydrogen-bond donors (Lipinski definition) is 1. The number of aromatic nitrogens is 1. The summed E-state index contributed by atoms with van der Waals surface area (Å²) in [4.78, 5) is 6.55. The minimum Gasteiger partial charge on any atom is -0.375 e. The van der Waals surface area contributed by atoms with Crippen molar-refractivity contribution in [3.8, 4) is 0 Å². The Kier molecular flexibility index (Phi) is 3.93. The van der Waals surface area contributed by atoms with Gasteiger partial charge < -0.3 is 10.6 Å². The number of anilines is 1. The molecular formula is C11H15N3S2.